The van der Waals surface area contributed by atoms with E-state index < -0.39 is 0 Å². The Morgan fingerprint density at radius 3 is 2.22 bits per heavy atom. The van der Waals surface area contributed by atoms with Gasteiger partial charge < -0.3 is 10.2 Å². The fourth-order valence-corrected chi connectivity index (χ4v) is 2.95. The van der Waals surface area contributed by atoms with E-state index >= 15 is 0 Å². The predicted octanol–water partition coefficient (Wildman–Crippen LogP) is 4.70. The molecule has 4 nitrogen and oxygen atoms in total. The Hall–Kier alpha value is -2.33. The Kier molecular flexibility index (Phi) is 7.03. The molecule has 5 heteroatoms. The number of benzene rings is 2. The van der Waals surface area contributed by atoms with Crippen molar-refractivity contribution in [3.05, 3.63) is 64.7 Å². The van der Waals surface area contributed by atoms with Crippen LogP contribution >= 0.6 is 11.6 Å². The number of halogens is 1. The second-order valence-corrected chi connectivity index (χ2v) is 7.99. The Bertz CT molecular complexity index is 795. The van der Waals surface area contributed by atoms with Crippen LogP contribution in [0.5, 0.6) is 0 Å². The first kappa shape index (κ1) is 21.0. The quantitative estimate of drug-likeness (QED) is 0.782. The number of hydrogen-bond acceptors (Lipinski definition) is 2. The van der Waals surface area contributed by atoms with Gasteiger partial charge in [0.2, 0.25) is 11.8 Å². The van der Waals surface area contributed by atoms with Crippen LogP contribution in [0.4, 0.5) is 5.69 Å². The third-order valence-electron chi connectivity index (χ3n) is 4.42. The average Bonchev–Trinajstić information content (AvgIpc) is 2.60. The molecule has 27 heavy (non-hydrogen) atoms. The summed E-state index contributed by atoms with van der Waals surface area (Å²) in [5.41, 5.74) is 2.92. The lowest BCUT2D eigenvalue weighted by molar-refractivity contribution is -0.121. The maximum atomic E-state index is 12.2. The molecule has 0 aliphatic carbocycles. The summed E-state index contributed by atoms with van der Waals surface area (Å²) < 4.78 is 0. The van der Waals surface area contributed by atoms with E-state index in [1.165, 1.54) is 12.5 Å². The van der Waals surface area contributed by atoms with Crippen LogP contribution in [0.2, 0.25) is 5.02 Å². The minimum atomic E-state index is -0.118. The molecule has 0 atom stereocenters. The largest absolute Gasteiger partial charge is 0.352 e. The van der Waals surface area contributed by atoms with Gasteiger partial charge in [0, 0.05) is 37.1 Å². The van der Waals surface area contributed by atoms with Crippen LogP contribution in [-0.4, -0.2) is 18.4 Å². The van der Waals surface area contributed by atoms with E-state index in [2.05, 4.69) is 26.1 Å². The molecule has 0 aliphatic rings. The van der Waals surface area contributed by atoms with E-state index in [-0.39, 0.29) is 23.7 Å². The molecule has 0 fully saturated rings. The van der Waals surface area contributed by atoms with E-state index in [1.54, 1.807) is 11.0 Å². The maximum Gasteiger partial charge on any atom is 0.223 e. The molecule has 2 aromatic rings. The number of carbonyl (C=O) groups excluding carboxylic acids is 2. The zero-order valence-electron chi connectivity index (χ0n) is 16.4. The number of nitrogens with one attached hydrogen (secondary N) is 1. The fraction of sp³-hybridized carbons (Fsp3) is 0.364. The number of nitrogens with zero attached hydrogens (tertiary/aromatic N) is 1. The smallest absolute Gasteiger partial charge is 0.223 e. The highest BCUT2D eigenvalue weighted by Crippen LogP contribution is 2.25. The minimum absolute atomic E-state index is 0.0538. The van der Waals surface area contributed by atoms with Crippen molar-refractivity contribution in [2.75, 3.05) is 11.4 Å². The molecule has 2 aromatic carbocycles. The number of rotatable bonds is 6. The first-order chi connectivity index (χ1) is 12.7. The van der Waals surface area contributed by atoms with Gasteiger partial charge in [0.25, 0.3) is 0 Å². The van der Waals surface area contributed by atoms with Crippen molar-refractivity contribution in [2.24, 2.45) is 0 Å². The van der Waals surface area contributed by atoms with Gasteiger partial charge in [0.1, 0.15) is 0 Å². The molecule has 2 amide bonds. The highest BCUT2D eigenvalue weighted by atomic mass is 35.5. The topological polar surface area (TPSA) is 49.4 Å². The maximum absolute atomic E-state index is 12.2. The second kappa shape index (κ2) is 9.05. The molecule has 0 radical (unpaired) electrons. The van der Waals surface area contributed by atoms with Crippen LogP contribution in [0.1, 0.15) is 45.2 Å². The van der Waals surface area contributed by atoms with Gasteiger partial charge in [-0.3, -0.25) is 9.59 Å². The van der Waals surface area contributed by atoms with Crippen molar-refractivity contribution in [1.29, 1.82) is 0 Å². The molecule has 0 heterocycles. The summed E-state index contributed by atoms with van der Waals surface area (Å²) in [5, 5.41) is 3.48. The standard InChI is InChI=1S/C22H27ClN2O2/c1-16(26)25(19-11-9-18(10-12-19)22(2,3)4)14-13-21(27)24-15-17-7-5-6-8-20(17)23/h5-12H,13-15H2,1-4H3,(H,24,27). The SMILES string of the molecule is CC(=O)N(CCC(=O)NCc1ccccc1Cl)c1ccc(C(C)(C)C)cc1. The van der Waals surface area contributed by atoms with Gasteiger partial charge in [-0.05, 0) is 34.7 Å². The molecule has 0 saturated heterocycles. The Balaban J connectivity index is 1.95. The van der Waals surface area contributed by atoms with Crippen LogP contribution < -0.4 is 10.2 Å². The summed E-state index contributed by atoms with van der Waals surface area (Å²) in [6.45, 7) is 8.66. The number of amides is 2. The Morgan fingerprint density at radius 2 is 1.67 bits per heavy atom. The number of anilines is 1. The normalized spacial score (nSPS) is 11.1. The van der Waals surface area contributed by atoms with Crippen LogP contribution in [0.25, 0.3) is 0 Å². The van der Waals surface area contributed by atoms with E-state index in [0.29, 0.717) is 18.1 Å². The van der Waals surface area contributed by atoms with E-state index in [1.807, 2.05) is 42.5 Å². The molecule has 0 aromatic heterocycles. The first-order valence-corrected chi connectivity index (χ1v) is 9.45. The fourth-order valence-electron chi connectivity index (χ4n) is 2.75. The van der Waals surface area contributed by atoms with E-state index in [4.69, 9.17) is 11.6 Å². The highest BCUT2D eigenvalue weighted by molar-refractivity contribution is 6.31. The van der Waals surface area contributed by atoms with Crippen molar-refractivity contribution in [3.63, 3.8) is 0 Å². The van der Waals surface area contributed by atoms with Crippen molar-refractivity contribution >= 4 is 29.1 Å². The molecule has 0 unspecified atom stereocenters. The summed E-state index contributed by atoms with van der Waals surface area (Å²) >= 11 is 6.10. The van der Waals surface area contributed by atoms with E-state index in [0.717, 1.165) is 11.3 Å². The molecule has 1 N–H and O–H groups in total. The molecular formula is C22H27ClN2O2. The van der Waals surface area contributed by atoms with Gasteiger partial charge in [-0.15, -0.1) is 0 Å². The molecule has 0 aliphatic heterocycles. The van der Waals surface area contributed by atoms with Gasteiger partial charge in [0.15, 0.2) is 0 Å². The van der Waals surface area contributed by atoms with Crippen LogP contribution in [0.15, 0.2) is 48.5 Å². The van der Waals surface area contributed by atoms with Gasteiger partial charge >= 0.3 is 0 Å². The van der Waals surface area contributed by atoms with Crippen molar-refractivity contribution in [3.8, 4) is 0 Å². The molecule has 2 rings (SSSR count). The predicted molar refractivity (Wildman–Crippen MR) is 111 cm³/mol. The first-order valence-electron chi connectivity index (χ1n) is 9.07. The average molecular weight is 387 g/mol. The Morgan fingerprint density at radius 1 is 1.04 bits per heavy atom. The summed E-state index contributed by atoms with van der Waals surface area (Å²) in [6, 6.07) is 15.3. The van der Waals surface area contributed by atoms with Crippen LogP contribution in [0.3, 0.4) is 0 Å². The summed E-state index contributed by atoms with van der Waals surface area (Å²) in [5.74, 6) is -0.204. The lowest BCUT2D eigenvalue weighted by atomic mass is 9.87. The van der Waals surface area contributed by atoms with Crippen LogP contribution in [0, 0.1) is 0 Å². The number of carbonyl (C=O) groups is 2. The van der Waals surface area contributed by atoms with Crippen LogP contribution in [-0.2, 0) is 21.5 Å². The Labute approximate surface area is 166 Å². The third-order valence-corrected chi connectivity index (χ3v) is 4.79. The summed E-state index contributed by atoms with van der Waals surface area (Å²) in [6.07, 6.45) is 0.227. The zero-order chi connectivity index (χ0) is 20.0. The molecule has 0 bridgehead atoms. The second-order valence-electron chi connectivity index (χ2n) is 7.59. The van der Waals surface area contributed by atoms with Gasteiger partial charge in [-0.25, -0.2) is 0 Å². The lowest BCUT2D eigenvalue weighted by Gasteiger charge is -2.23. The highest BCUT2D eigenvalue weighted by Gasteiger charge is 2.16. The minimum Gasteiger partial charge on any atom is -0.352 e. The molecule has 144 valence electrons. The third kappa shape index (κ3) is 6.10. The van der Waals surface area contributed by atoms with Gasteiger partial charge in [-0.2, -0.15) is 0 Å². The summed E-state index contributed by atoms with van der Waals surface area (Å²) in [7, 11) is 0. The van der Waals surface area contributed by atoms with E-state index in [9.17, 15) is 9.59 Å². The summed E-state index contributed by atoms with van der Waals surface area (Å²) in [4.78, 5) is 25.8. The number of hydrogen-bond donors (Lipinski definition) is 1. The van der Waals surface area contributed by atoms with Crippen molar-refractivity contribution < 1.29 is 9.59 Å². The van der Waals surface area contributed by atoms with Crippen molar-refractivity contribution in [2.45, 2.75) is 46.1 Å². The lowest BCUT2D eigenvalue weighted by Crippen LogP contribution is -2.33. The monoisotopic (exact) mass is 386 g/mol. The molecule has 0 spiro atoms. The zero-order valence-corrected chi connectivity index (χ0v) is 17.1. The van der Waals surface area contributed by atoms with Gasteiger partial charge in [-0.1, -0.05) is 62.7 Å². The van der Waals surface area contributed by atoms with Gasteiger partial charge in [0.05, 0.1) is 0 Å². The molecular weight excluding hydrogens is 360 g/mol. The van der Waals surface area contributed by atoms with Crippen molar-refractivity contribution in [1.82, 2.24) is 5.32 Å². The molecule has 0 saturated carbocycles.